The van der Waals surface area contributed by atoms with Crippen molar-refractivity contribution in [2.75, 3.05) is 20.1 Å². The van der Waals surface area contributed by atoms with Gasteiger partial charge >= 0.3 is 0 Å². The molecule has 2 aromatic carbocycles. The minimum Gasteiger partial charge on any atom is -0.493 e. The predicted octanol–water partition coefficient (Wildman–Crippen LogP) is 4.70. The van der Waals surface area contributed by atoms with Crippen LogP contribution in [0.15, 0.2) is 65.3 Å². The van der Waals surface area contributed by atoms with Gasteiger partial charge in [-0.1, -0.05) is 42.1 Å². The molecule has 0 amide bonds. The van der Waals surface area contributed by atoms with E-state index in [1.807, 2.05) is 54.7 Å². The highest BCUT2D eigenvalue weighted by molar-refractivity contribution is 7.98. The number of nitrogens with zero attached hydrogens (tertiary/aromatic N) is 3. The van der Waals surface area contributed by atoms with Gasteiger partial charge in [-0.2, -0.15) is 0 Å². The molecule has 0 fully saturated rings. The highest BCUT2D eigenvalue weighted by atomic mass is 32.2. The van der Waals surface area contributed by atoms with E-state index in [9.17, 15) is 0 Å². The van der Waals surface area contributed by atoms with Crippen molar-refractivity contribution >= 4 is 23.1 Å². The quantitative estimate of drug-likeness (QED) is 0.342. The Balaban J connectivity index is 1.47. The largest absolute Gasteiger partial charge is 0.493 e. The number of benzene rings is 2. The summed E-state index contributed by atoms with van der Waals surface area (Å²) < 4.78 is 12.2. The number of methoxy groups -OCH3 is 2. The molecular weight excluding hydrogens is 404 g/mol. The van der Waals surface area contributed by atoms with Crippen LogP contribution in [0.3, 0.4) is 0 Å². The van der Waals surface area contributed by atoms with Gasteiger partial charge in [-0.25, -0.2) is 14.6 Å². The zero-order valence-electron chi connectivity index (χ0n) is 16.0. The number of nitrogens with two attached hydrogens (primary N) is 1. The second kappa shape index (κ2) is 8.59. The fraction of sp³-hybridized carbons (Fsp3) is 0.143. The van der Waals surface area contributed by atoms with Crippen molar-refractivity contribution in [1.29, 1.82) is 0 Å². The number of rotatable bonds is 7. The molecule has 0 spiro atoms. The van der Waals surface area contributed by atoms with Crippen LogP contribution in [0.4, 0.5) is 0 Å². The first-order valence-electron chi connectivity index (χ1n) is 8.87. The third kappa shape index (κ3) is 4.23. The van der Waals surface area contributed by atoms with Gasteiger partial charge in [0.2, 0.25) is 0 Å². The van der Waals surface area contributed by atoms with Gasteiger partial charge in [-0.05, 0) is 18.2 Å². The van der Waals surface area contributed by atoms with E-state index in [2.05, 4.69) is 10.4 Å². The minimum atomic E-state index is 0.687. The standard InChI is InChI=1S/C21H20N4O2S2/c1-26-18-9-8-15(10-19(18)27-2)20-23-16(12-28-20)13-29-21-24-17(11-25(21)22)14-6-4-3-5-7-14/h3-12H,13,22H2,1-2H3. The number of hydrogen-bond acceptors (Lipinski definition) is 7. The lowest BCUT2D eigenvalue weighted by molar-refractivity contribution is 0.355. The summed E-state index contributed by atoms with van der Waals surface area (Å²) >= 11 is 3.16. The number of imidazole rings is 1. The first-order chi connectivity index (χ1) is 14.2. The van der Waals surface area contributed by atoms with Crippen molar-refractivity contribution in [3.05, 3.63) is 65.8 Å². The molecule has 2 aromatic heterocycles. The molecule has 4 aromatic rings. The van der Waals surface area contributed by atoms with Crippen molar-refractivity contribution in [1.82, 2.24) is 14.6 Å². The van der Waals surface area contributed by atoms with E-state index in [1.165, 1.54) is 0 Å². The first kappa shape index (κ1) is 19.4. The molecule has 8 heteroatoms. The monoisotopic (exact) mass is 424 g/mol. The molecular formula is C21H20N4O2S2. The Kier molecular flexibility index (Phi) is 5.73. The Morgan fingerprint density at radius 2 is 1.79 bits per heavy atom. The summed E-state index contributed by atoms with van der Waals surface area (Å²) in [7, 11) is 3.25. The van der Waals surface area contributed by atoms with Crippen molar-refractivity contribution in [2.45, 2.75) is 10.9 Å². The van der Waals surface area contributed by atoms with Gasteiger partial charge in [0.15, 0.2) is 16.7 Å². The molecule has 4 rings (SSSR count). The fourth-order valence-electron chi connectivity index (χ4n) is 2.85. The Morgan fingerprint density at radius 3 is 2.55 bits per heavy atom. The van der Waals surface area contributed by atoms with Crippen molar-refractivity contribution < 1.29 is 9.47 Å². The van der Waals surface area contributed by atoms with Crippen LogP contribution in [0.1, 0.15) is 5.69 Å². The average Bonchev–Trinajstić information content (AvgIpc) is 3.39. The number of ether oxygens (including phenoxy) is 2. The van der Waals surface area contributed by atoms with Crippen molar-refractivity contribution in [2.24, 2.45) is 0 Å². The number of nitrogen functional groups attached to an aromatic ring is 1. The number of thioether (sulfide) groups is 1. The zero-order chi connectivity index (χ0) is 20.2. The molecule has 0 unspecified atom stereocenters. The van der Waals surface area contributed by atoms with Crippen LogP contribution >= 0.6 is 23.1 Å². The number of thiazole rings is 1. The maximum Gasteiger partial charge on any atom is 0.187 e. The van der Waals surface area contributed by atoms with E-state index in [0.29, 0.717) is 17.3 Å². The summed E-state index contributed by atoms with van der Waals surface area (Å²) in [5, 5.41) is 3.74. The minimum absolute atomic E-state index is 0.687. The molecule has 29 heavy (non-hydrogen) atoms. The summed E-state index contributed by atoms with van der Waals surface area (Å²) in [6.45, 7) is 0. The third-order valence-electron chi connectivity index (χ3n) is 4.30. The van der Waals surface area contributed by atoms with Gasteiger partial charge in [-0.3, -0.25) is 0 Å². The Bertz CT molecular complexity index is 1110. The zero-order valence-corrected chi connectivity index (χ0v) is 17.7. The summed E-state index contributed by atoms with van der Waals surface area (Å²) in [5.74, 6) is 8.17. The van der Waals surface area contributed by atoms with E-state index < -0.39 is 0 Å². The first-order valence-corrected chi connectivity index (χ1v) is 10.7. The Hall–Kier alpha value is -2.97. The maximum absolute atomic E-state index is 6.09. The van der Waals surface area contributed by atoms with E-state index in [0.717, 1.165) is 32.7 Å². The van der Waals surface area contributed by atoms with Crippen LogP contribution < -0.4 is 15.3 Å². The van der Waals surface area contributed by atoms with Gasteiger partial charge in [0.1, 0.15) is 5.01 Å². The molecule has 2 N–H and O–H groups in total. The summed E-state index contributed by atoms with van der Waals surface area (Å²) in [5.41, 5.74) is 3.88. The topological polar surface area (TPSA) is 75.2 Å². The normalized spacial score (nSPS) is 10.8. The highest BCUT2D eigenvalue weighted by Crippen LogP contribution is 2.34. The molecule has 0 bridgehead atoms. The molecule has 0 aliphatic carbocycles. The lowest BCUT2D eigenvalue weighted by atomic mass is 10.2. The van der Waals surface area contributed by atoms with Crippen LogP contribution in [0.25, 0.3) is 21.8 Å². The fourth-order valence-corrected chi connectivity index (χ4v) is 4.56. The number of hydrogen-bond donors (Lipinski definition) is 1. The van der Waals surface area contributed by atoms with Crippen LogP contribution in [0.2, 0.25) is 0 Å². The van der Waals surface area contributed by atoms with Crippen molar-refractivity contribution in [3.8, 4) is 33.3 Å². The summed E-state index contributed by atoms with van der Waals surface area (Å²) in [4.78, 5) is 9.39. The highest BCUT2D eigenvalue weighted by Gasteiger charge is 2.12. The molecule has 0 aliphatic heterocycles. The van der Waals surface area contributed by atoms with E-state index in [-0.39, 0.29) is 0 Å². The molecule has 6 nitrogen and oxygen atoms in total. The lowest BCUT2D eigenvalue weighted by Crippen LogP contribution is -2.07. The predicted molar refractivity (Wildman–Crippen MR) is 118 cm³/mol. The molecule has 0 aliphatic rings. The molecule has 0 radical (unpaired) electrons. The molecule has 0 saturated heterocycles. The van der Waals surface area contributed by atoms with E-state index in [1.54, 1.807) is 42.0 Å². The molecule has 0 atom stereocenters. The van der Waals surface area contributed by atoms with Gasteiger partial charge in [0, 0.05) is 22.3 Å². The lowest BCUT2D eigenvalue weighted by Gasteiger charge is -2.08. The van der Waals surface area contributed by atoms with Gasteiger partial charge < -0.3 is 15.3 Å². The SMILES string of the molecule is COc1ccc(-c2nc(CSc3nc(-c4ccccc4)cn3N)cs2)cc1OC. The van der Waals surface area contributed by atoms with Crippen molar-refractivity contribution in [3.63, 3.8) is 0 Å². The second-order valence-electron chi connectivity index (χ2n) is 6.18. The molecule has 148 valence electrons. The van der Waals surface area contributed by atoms with E-state index >= 15 is 0 Å². The van der Waals surface area contributed by atoms with Crippen LogP contribution in [0.5, 0.6) is 11.5 Å². The number of aromatic nitrogens is 3. The third-order valence-corrected chi connectivity index (χ3v) is 6.24. The average molecular weight is 425 g/mol. The Morgan fingerprint density at radius 1 is 1.00 bits per heavy atom. The Labute approximate surface area is 177 Å². The van der Waals surface area contributed by atoms with Crippen LogP contribution in [0, 0.1) is 0 Å². The maximum atomic E-state index is 6.09. The summed E-state index contributed by atoms with van der Waals surface area (Å²) in [6, 6.07) is 15.8. The smallest absolute Gasteiger partial charge is 0.187 e. The van der Waals surface area contributed by atoms with Crippen LogP contribution in [-0.4, -0.2) is 28.9 Å². The van der Waals surface area contributed by atoms with E-state index in [4.69, 9.17) is 20.3 Å². The van der Waals surface area contributed by atoms with Crippen LogP contribution in [-0.2, 0) is 5.75 Å². The molecule has 0 saturated carbocycles. The van der Waals surface area contributed by atoms with Gasteiger partial charge in [0.05, 0.1) is 31.8 Å². The van der Waals surface area contributed by atoms with Gasteiger partial charge in [-0.15, -0.1) is 11.3 Å². The second-order valence-corrected chi connectivity index (χ2v) is 7.99. The van der Waals surface area contributed by atoms with Gasteiger partial charge in [0.25, 0.3) is 0 Å². The summed E-state index contributed by atoms with van der Waals surface area (Å²) in [6.07, 6.45) is 1.84. The molecule has 2 heterocycles.